The van der Waals surface area contributed by atoms with E-state index in [4.69, 9.17) is 0 Å². The van der Waals surface area contributed by atoms with Crippen molar-refractivity contribution in [2.45, 2.75) is 19.4 Å². The lowest BCUT2D eigenvalue weighted by Gasteiger charge is -2.17. The molecule has 96 valence electrons. The van der Waals surface area contributed by atoms with Crippen LogP contribution in [0.25, 0.3) is 0 Å². The molecule has 1 heterocycles. The molecular formula is C14H18FN3. The molecule has 1 aromatic carbocycles. The molecule has 0 amide bonds. The highest BCUT2D eigenvalue weighted by atomic mass is 19.1. The van der Waals surface area contributed by atoms with Crippen molar-refractivity contribution in [3.63, 3.8) is 0 Å². The maximum Gasteiger partial charge on any atom is 0.128 e. The molecule has 0 saturated carbocycles. The molecule has 2 rings (SSSR count). The molecule has 1 unspecified atom stereocenters. The summed E-state index contributed by atoms with van der Waals surface area (Å²) in [5, 5.41) is 3.16. The van der Waals surface area contributed by atoms with Gasteiger partial charge in [0, 0.05) is 37.5 Å². The van der Waals surface area contributed by atoms with Crippen molar-refractivity contribution in [1.29, 1.82) is 0 Å². The Labute approximate surface area is 107 Å². The van der Waals surface area contributed by atoms with Gasteiger partial charge in [-0.05, 0) is 20.0 Å². The monoisotopic (exact) mass is 247 g/mol. The average Bonchev–Trinajstić information content (AvgIpc) is 2.75. The third-order valence-electron chi connectivity index (χ3n) is 3.18. The van der Waals surface area contributed by atoms with E-state index in [0.717, 1.165) is 11.4 Å². The zero-order valence-corrected chi connectivity index (χ0v) is 10.9. The number of hydrogen-bond donors (Lipinski definition) is 1. The van der Waals surface area contributed by atoms with Crippen molar-refractivity contribution in [2.75, 3.05) is 7.05 Å². The standard InChI is InChI=1S/C14H18FN3/c1-10-4-5-12(15)11(8-10)13(16-2)9-14-17-6-7-18(14)3/h4-8,13,16H,9H2,1-3H3. The number of nitrogens with zero attached hydrogens (tertiary/aromatic N) is 2. The van der Waals surface area contributed by atoms with Crippen LogP contribution in [0, 0.1) is 12.7 Å². The van der Waals surface area contributed by atoms with Crippen LogP contribution in [0.2, 0.25) is 0 Å². The third kappa shape index (κ3) is 2.59. The maximum atomic E-state index is 13.9. The summed E-state index contributed by atoms with van der Waals surface area (Å²) in [6, 6.07) is 5.13. The molecule has 1 aromatic heterocycles. The third-order valence-corrected chi connectivity index (χ3v) is 3.18. The Hall–Kier alpha value is -1.68. The second kappa shape index (κ2) is 5.31. The molecule has 0 fully saturated rings. The molecule has 0 aliphatic rings. The fraction of sp³-hybridized carbons (Fsp3) is 0.357. The van der Waals surface area contributed by atoms with Crippen LogP contribution in [0.4, 0.5) is 4.39 Å². The molecular weight excluding hydrogens is 229 g/mol. The Bertz CT molecular complexity index is 534. The number of likely N-dealkylation sites (N-methyl/N-ethyl adjacent to an activating group) is 1. The Morgan fingerprint density at radius 3 is 2.83 bits per heavy atom. The van der Waals surface area contributed by atoms with Crippen LogP contribution in [0.15, 0.2) is 30.6 Å². The minimum absolute atomic E-state index is 0.0639. The van der Waals surface area contributed by atoms with Gasteiger partial charge in [0.05, 0.1) is 0 Å². The number of halogens is 1. The van der Waals surface area contributed by atoms with E-state index in [-0.39, 0.29) is 11.9 Å². The van der Waals surface area contributed by atoms with Gasteiger partial charge in [-0.3, -0.25) is 0 Å². The van der Waals surface area contributed by atoms with Crippen LogP contribution in [-0.2, 0) is 13.5 Å². The van der Waals surface area contributed by atoms with Crippen LogP contribution in [0.1, 0.15) is 23.0 Å². The van der Waals surface area contributed by atoms with E-state index >= 15 is 0 Å². The van der Waals surface area contributed by atoms with Gasteiger partial charge in [0.1, 0.15) is 11.6 Å². The average molecular weight is 247 g/mol. The van der Waals surface area contributed by atoms with Gasteiger partial charge in [-0.2, -0.15) is 0 Å². The Kier molecular flexibility index (Phi) is 3.77. The largest absolute Gasteiger partial charge is 0.338 e. The topological polar surface area (TPSA) is 29.9 Å². The van der Waals surface area contributed by atoms with Gasteiger partial charge in [-0.15, -0.1) is 0 Å². The van der Waals surface area contributed by atoms with Crippen LogP contribution >= 0.6 is 0 Å². The van der Waals surface area contributed by atoms with Gasteiger partial charge < -0.3 is 9.88 Å². The summed E-state index contributed by atoms with van der Waals surface area (Å²) in [5.41, 5.74) is 1.76. The summed E-state index contributed by atoms with van der Waals surface area (Å²) in [7, 11) is 3.79. The minimum atomic E-state index is -0.172. The second-order valence-electron chi connectivity index (χ2n) is 4.52. The van der Waals surface area contributed by atoms with Crippen LogP contribution in [0.5, 0.6) is 0 Å². The summed E-state index contributed by atoms with van der Waals surface area (Å²) in [6.45, 7) is 1.97. The first-order chi connectivity index (χ1) is 8.61. The Morgan fingerprint density at radius 2 is 2.22 bits per heavy atom. The summed E-state index contributed by atoms with van der Waals surface area (Å²) in [6.07, 6.45) is 4.32. The number of benzene rings is 1. The van der Waals surface area contributed by atoms with Gasteiger partial charge in [0.15, 0.2) is 0 Å². The van der Waals surface area contributed by atoms with E-state index in [1.165, 1.54) is 6.07 Å². The highest BCUT2D eigenvalue weighted by Gasteiger charge is 2.16. The van der Waals surface area contributed by atoms with E-state index < -0.39 is 0 Å². The van der Waals surface area contributed by atoms with Crippen molar-refractivity contribution in [3.05, 3.63) is 53.4 Å². The van der Waals surface area contributed by atoms with Crippen LogP contribution < -0.4 is 5.32 Å². The Balaban J connectivity index is 2.28. The molecule has 0 bridgehead atoms. The predicted molar refractivity (Wildman–Crippen MR) is 69.8 cm³/mol. The predicted octanol–water partition coefficient (Wildman–Crippen LogP) is 2.37. The van der Waals surface area contributed by atoms with E-state index in [9.17, 15) is 4.39 Å². The molecule has 0 saturated heterocycles. The smallest absolute Gasteiger partial charge is 0.128 e. The van der Waals surface area contributed by atoms with Crippen molar-refractivity contribution in [3.8, 4) is 0 Å². The second-order valence-corrected chi connectivity index (χ2v) is 4.52. The van der Waals surface area contributed by atoms with Gasteiger partial charge in [-0.1, -0.05) is 17.7 Å². The van der Waals surface area contributed by atoms with Crippen molar-refractivity contribution in [2.24, 2.45) is 7.05 Å². The molecule has 0 radical (unpaired) electrons. The van der Waals surface area contributed by atoms with Crippen LogP contribution in [-0.4, -0.2) is 16.6 Å². The lowest BCUT2D eigenvalue weighted by molar-refractivity contribution is 0.519. The van der Waals surface area contributed by atoms with E-state index in [1.807, 2.05) is 37.8 Å². The van der Waals surface area contributed by atoms with Crippen molar-refractivity contribution in [1.82, 2.24) is 14.9 Å². The van der Waals surface area contributed by atoms with Crippen molar-refractivity contribution >= 4 is 0 Å². The first-order valence-corrected chi connectivity index (χ1v) is 6.01. The van der Waals surface area contributed by atoms with E-state index in [2.05, 4.69) is 10.3 Å². The number of hydrogen-bond acceptors (Lipinski definition) is 2. The van der Waals surface area contributed by atoms with Gasteiger partial charge in [0.2, 0.25) is 0 Å². The van der Waals surface area contributed by atoms with E-state index in [1.54, 1.807) is 12.3 Å². The van der Waals surface area contributed by atoms with Crippen LogP contribution in [0.3, 0.4) is 0 Å². The highest BCUT2D eigenvalue weighted by molar-refractivity contribution is 5.27. The van der Waals surface area contributed by atoms with Gasteiger partial charge >= 0.3 is 0 Å². The maximum absolute atomic E-state index is 13.9. The Morgan fingerprint density at radius 1 is 1.44 bits per heavy atom. The van der Waals surface area contributed by atoms with E-state index in [0.29, 0.717) is 12.0 Å². The number of aromatic nitrogens is 2. The number of imidazole rings is 1. The molecule has 1 N–H and O–H groups in total. The van der Waals surface area contributed by atoms with Gasteiger partial charge in [0.25, 0.3) is 0 Å². The molecule has 3 nitrogen and oxygen atoms in total. The summed E-state index contributed by atoms with van der Waals surface area (Å²) in [5.74, 6) is 0.768. The highest BCUT2D eigenvalue weighted by Crippen LogP contribution is 2.21. The minimum Gasteiger partial charge on any atom is -0.338 e. The first kappa shape index (κ1) is 12.8. The normalized spacial score (nSPS) is 12.7. The van der Waals surface area contributed by atoms with Gasteiger partial charge in [-0.25, -0.2) is 9.37 Å². The zero-order chi connectivity index (χ0) is 13.1. The van der Waals surface area contributed by atoms with Crippen molar-refractivity contribution < 1.29 is 4.39 Å². The zero-order valence-electron chi connectivity index (χ0n) is 10.9. The quantitative estimate of drug-likeness (QED) is 0.899. The summed E-state index contributed by atoms with van der Waals surface area (Å²) < 4.78 is 15.8. The molecule has 1 atom stereocenters. The molecule has 0 aliphatic heterocycles. The molecule has 2 aromatic rings. The number of aryl methyl sites for hydroxylation is 2. The fourth-order valence-corrected chi connectivity index (χ4v) is 2.07. The first-order valence-electron chi connectivity index (χ1n) is 6.01. The number of nitrogens with one attached hydrogen (secondary N) is 1. The molecule has 0 aliphatic carbocycles. The summed E-state index contributed by atoms with van der Waals surface area (Å²) >= 11 is 0. The molecule has 18 heavy (non-hydrogen) atoms. The molecule has 4 heteroatoms. The SMILES string of the molecule is CNC(Cc1nccn1C)c1cc(C)ccc1F. The number of rotatable bonds is 4. The summed E-state index contributed by atoms with van der Waals surface area (Å²) in [4.78, 5) is 4.28. The fourth-order valence-electron chi connectivity index (χ4n) is 2.07. The lowest BCUT2D eigenvalue weighted by Crippen LogP contribution is -2.21. The molecule has 0 spiro atoms. The lowest BCUT2D eigenvalue weighted by atomic mass is 10.0.